The second-order valence-corrected chi connectivity index (χ2v) is 8.04. The van der Waals surface area contributed by atoms with Crippen LogP contribution in [0.1, 0.15) is 48.9 Å². The monoisotopic (exact) mass is 335 g/mol. The molecular formula is C21H25N3O. The van der Waals surface area contributed by atoms with Crippen LogP contribution >= 0.6 is 0 Å². The number of aromatic amines is 1. The van der Waals surface area contributed by atoms with Crippen LogP contribution in [0.4, 0.5) is 0 Å². The molecule has 2 aromatic rings. The first-order valence-electron chi connectivity index (χ1n) is 9.60. The summed E-state index contributed by atoms with van der Waals surface area (Å²) < 4.78 is 5.46. The molecule has 0 radical (unpaired) electrons. The van der Waals surface area contributed by atoms with Crippen LogP contribution in [-0.2, 0) is 6.42 Å². The molecule has 5 atom stereocenters. The molecule has 1 saturated carbocycles. The van der Waals surface area contributed by atoms with E-state index in [1.807, 2.05) is 6.07 Å². The maximum atomic E-state index is 9.76. The van der Waals surface area contributed by atoms with Crippen molar-refractivity contribution < 1.29 is 4.74 Å². The van der Waals surface area contributed by atoms with Crippen LogP contribution < -0.4 is 4.74 Å². The lowest BCUT2D eigenvalue weighted by Gasteiger charge is -2.53. The summed E-state index contributed by atoms with van der Waals surface area (Å²) in [6, 6.07) is 7.08. The Balaban J connectivity index is 1.72. The highest BCUT2D eigenvalue weighted by molar-refractivity contribution is 5.92. The minimum absolute atomic E-state index is 0.597. The smallest absolute Gasteiger partial charge is 0.137 e. The third-order valence-corrected chi connectivity index (χ3v) is 6.97. The van der Waals surface area contributed by atoms with E-state index in [4.69, 9.17) is 4.74 Å². The van der Waals surface area contributed by atoms with Crippen molar-refractivity contribution in [2.24, 2.45) is 11.8 Å². The average molecular weight is 335 g/mol. The molecule has 0 amide bonds. The van der Waals surface area contributed by atoms with Crippen LogP contribution in [-0.4, -0.2) is 36.1 Å². The zero-order chi connectivity index (χ0) is 17.1. The van der Waals surface area contributed by atoms with Gasteiger partial charge in [-0.2, -0.15) is 5.26 Å². The van der Waals surface area contributed by atoms with Gasteiger partial charge in [0.1, 0.15) is 17.4 Å². The van der Waals surface area contributed by atoms with Crippen molar-refractivity contribution in [3.8, 4) is 11.8 Å². The molecule has 3 fully saturated rings. The molecule has 4 heterocycles. The summed E-state index contributed by atoms with van der Waals surface area (Å²) in [5.74, 6) is 2.94. The van der Waals surface area contributed by atoms with Gasteiger partial charge in [0, 0.05) is 41.6 Å². The summed E-state index contributed by atoms with van der Waals surface area (Å²) in [7, 11) is 1.65. The van der Waals surface area contributed by atoms with Gasteiger partial charge in [-0.1, -0.05) is 13.3 Å². The molecule has 4 heteroatoms. The molecule has 4 nitrogen and oxygen atoms in total. The third-order valence-electron chi connectivity index (χ3n) is 6.97. The van der Waals surface area contributed by atoms with Crippen LogP contribution in [0.2, 0.25) is 0 Å². The molecule has 1 N–H and O–H groups in total. The number of ether oxygens (including phenoxy) is 1. The molecule has 25 heavy (non-hydrogen) atoms. The van der Waals surface area contributed by atoms with Gasteiger partial charge in [-0.3, -0.25) is 4.90 Å². The number of nitrogens with one attached hydrogen (secondary N) is 1. The second-order valence-electron chi connectivity index (χ2n) is 8.04. The van der Waals surface area contributed by atoms with Crippen molar-refractivity contribution in [1.29, 1.82) is 5.26 Å². The molecule has 2 saturated heterocycles. The number of hydrogen-bond donors (Lipinski definition) is 1. The highest BCUT2D eigenvalue weighted by Crippen LogP contribution is 2.51. The summed E-state index contributed by atoms with van der Waals surface area (Å²) >= 11 is 0. The van der Waals surface area contributed by atoms with Gasteiger partial charge in [-0.25, -0.2) is 0 Å². The quantitative estimate of drug-likeness (QED) is 0.908. The van der Waals surface area contributed by atoms with Gasteiger partial charge >= 0.3 is 0 Å². The largest absolute Gasteiger partial charge is 0.495 e. The molecule has 2 unspecified atom stereocenters. The van der Waals surface area contributed by atoms with Crippen molar-refractivity contribution >= 4 is 10.9 Å². The maximum Gasteiger partial charge on any atom is 0.137 e. The molecular weight excluding hydrogens is 310 g/mol. The molecule has 4 aliphatic rings. The summed E-state index contributed by atoms with van der Waals surface area (Å²) in [6.07, 6.45) is 5.02. The molecule has 6 rings (SSSR count). The van der Waals surface area contributed by atoms with Crippen molar-refractivity contribution in [2.45, 2.75) is 44.6 Å². The Kier molecular flexibility index (Phi) is 3.36. The number of benzene rings is 1. The number of piperidine rings is 2. The molecule has 0 spiro atoms. The molecule has 4 bridgehead atoms. The average Bonchev–Trinajstić information content (AvgIpc) is 2.98. The minimum Gasteiger partial charge on any atom is -0.495 e. The second kappa shape index (κ2) is 5.51. The number of nitriles is 1. The third kappa shape index (κ3) is 2.02. The fourth-order valence-electron chi connectivity index (χ4n) is 6.05. The standard InChI is InChI=1S/C21H25N3O/c1-3-13-8-12-9-15-20-14(6-7-24(11-12)21(13)15)19-16(10-22)18(25-2)5-4-17(19)23-20/h4-5,12-13,15,21,23H,3,6-9,11H2,1-2H3/t12-,13-,15-,21?/m0/s1. The first kappa shape index (κ1) is 15.3. The zero-order valence-electron chi connectivity index (χ0n) is 15.0. The predicted octanol–water partition coefficient (Wildman–Crippen LogP) is 3.81. The summed E-state index contributed by atoms with van der Waals surface area (Å²) in [5.41, 5.74) is 4.59. The van der Waals surface area contributed by atoms with E-state index in [0.717, 1.165) is 35.7 Å². The number of hydrogen-bond acceptors (Lipinski definition) is 3. The number of aromatic nitrogens is 1. The molecule has 130 valence electrons. The Morgan fingerprint density at radius 2 is 2.24 bits per heavy atom. The normalized spacial score (nSPS) is 32.9. The van der Waals surface area contributed by atoms with Gasteiger partial charge in [0.05, 0.1) is 7.11 Å². The Bertz CT molecular complexity index is 877. The highest BCUT2D eigenvalue weighted by Gasteiger charge is 2.48. The summed E-state index contributed by atoms with van der Waals surface area (Å²) in [5, 5.41) is 10.9. The van der Waals surface area contributed by atoms with Crippen molar-refractivity contribution in [3.63, 3.8) is 0 Å². The number of fused-ring (bicyclic) bond motifs is 4. The number of methoxy groups -OCH3 is 1. The fraction of sp³-hybridized carbons (Fsp3) is 0.571. The van der Waals surface area contributed by atoms with Gasteiger partial charge in [0.25, 0.3) is 0 Å². The Hall–Kier alpha value is -1.99. The minimum atomic E-state index is 0.597. The Morgan fingerprint density at radius 3 is 3.00 bits per heavy atom. The van der Waals surface area contributed by atoms with E-state index in [2.05, 4.69) is 28.9 Å². The van der Waals surface area contributed by atoms with Gasteiger partial charge in [-0.05, 0) is 48.8 Å². The Labute approximate surface area is 148 Å². The molecule has 3 aliphatic heterocycles. The van der Waals surface area contributed by atoms with Gasteiger partial charge in [0.2, 0.25) is 0 Å². The van der Waals surface area contributed by atoms with Crippen LogP contribution in [0, 0.1) is 23.2 Å². The first-order valence-corrected chi connectivity index (χ1v) is 9.60. The lowest BCUT2D eigenvalue weighted by molar-refractivity contribution is -0.0134. The topological polar surface area (TPSA) is 52.1 Å². The SMILES string of the molecule is CC[C@H]1C[C@H]2C[C@H]3c4[nH]c5ccc(OC)c(C#N)c5c4CCN(C2)C13. The first-order chi connectivity index (χ1) is 12.2. The lowest BCUT2D eigenvalue weighted by atomic mass is 9.65. The van der Waals surface area contributed by atoms with Gasteiger partial charge in [-0.15, -0.1) is 0 Å². The summed E-state index contributed by atoms with van der Waals surface area (Å²) in [6.45, 7) is 4.74. The molecule has 1 aromatic heterocycles. The van der Waals surface area contributed by atoms with Gasteiger partial charge in [0.15, 0.2) is 0 Å². The van der Waals surface area contributed by atoms with Crippen LogP contribution in [0.5, 0.6) is 5.75 Å². The van der Waals surface area contributed by atoms with E-state index >= 15 is 0 Å². The van der Waals surface area contributed by atoms with Crippen molar-refractivity contribution in [3.05, 3.63) is 29.0 Å². The van der Waals surface area contributed by atoms with Crippen LogP contribution in [0.15, 0.2) is 12.1 Å². The number of H-pyrrole nitrogens is 1. The van der Waals surface area contributed by atoms with E-state index in [0.29, 0.717) is 23.3 Å². The van der Waals surface area contributed by atoms with Crippen LogP contribution in [0.25, 0.3) is 10.9 Å². The van der Waals surface area contributed by atoms with E-state index in [1.54, 1.807) is 7.11 Å². The van der Waals surface area contributed by atoms with E-state index in [1.165, 1.54) is 37.1 Å². The summed E-state index contributed by atoms with van der Waals surface area (Å²) in [4.78, 5) is 6.49. The van der Waals surface area contributed by atoms with Crippen molar-refractivity contribution in [2.75, 3.05) is 20.2 Å². The van der Waals surface area contributed by atoms with E-state index in [9.17, 15) is 5.26 Å². The van der Waals surface area contributed by atoms with Gasteiger partial charge < -0.3 is 9.72 Å². The van der Waals surface area contributed by atoms with Crippen molar-refractivity contribution in [1.82, 2.24) is 9.88 Å². The predicted molar refractivity (Wildman–Crippen MR) is 97.9 cm³/mol. The highest BCUT2D eigenvalue weighted by atomic mass is 16.5. The Morgan fingerprint density at radius 1 is 1.36 bits per heavy atom. The zero-order valence-corrected chi connectivity index (χ0v) is 15.0. The van der Waals surface area contributed by atoms with Crippen LogP contribution in [0.3, 0.4) is 0 Å². The molecule has 1 aromatic carbocycles. The lowest BCUT2D eigenvalue weighted by Crippen LogP contribution is -2.56. The number of rotatable bonds is 2. The van der Waals surface area contributed by atoms with E-state index in [-0.39, 0.29) is 0 Å². The molecule has 1 aliphatic carbocycles. The number of nitrogens with zero attached hydrogens (tertiary/aromatic N) is 2. The maximum absolute atomic E-state index is 9.76. The van der Waals surface area contributed by atoms with E-state index < -0.39 is 0 Å². The fourth-order valence-corrected chi connectivity index (χ4v) is 6.05.